The molecule has 2 bridgehead atoms. The molecule has 2 aliphatic carbocycles. The Morgan fingerprint density at radius 2 is 1.87 bits per heavy atom. The van der Waals surface area contributed by atoms with Gasteiger partial charge in [-0.15, -0.1) is 0 Å². The number of methoxy groups -OCH3 is 2. The Hall–Kier alpha value is -2.37. The van der Waals surface area contributed by atoms with Crippen molar-refractivity contribution < 1.29 is 19.0 Å². The van der Waals surface area contributed by atoms with E-state index in [4.69, 9.17) is 14.2 Å². The van der Waals surface area contributed by atoms with Gasteiger partial charge >= 0.3 is 0 Å². The Labute approximate surface area is 184 Å². The zero-order valence-corrected chi connectivity index (χ0v) is 18.6. The molecule has 1 unspecified atom stereocenters. The van der Waals surface area contributed by atoms with Gasteiger partial charge in [0.2, 0.25) is 0 Å². The van der Waals surface area contributed by atoms with Gasteiger partial charge in [-0.05, 0) is 50.0 Å². The fourth-order valence-corrected chi connectivity index (χ4v) is 6.51. The molecule has 164 valence electrons. The van der Waals surface area contributed by atoms with Gasteiger partial charge in [0.25, 0.3) is 0 Å². The molecule has 5 rings (SSSR count). The van der Waals surface area contributed by atoms with E-state index >= 15 is 0 Å². The number of rotatable bonds is 5. The number of nitrogens with zero attached hydrogens (tertiary/aromatic N) is 1. The Kier molecular flexibility index (Phi) is 5.06. The summed E-state index contributed by atoms with van der Waals surface area (Å²) in [5.41, 5.74) is 2.72. The number of ether oxygens (including phenoxy) is 3. The van der Waals surface area contributed by atoms with Crippen LogP contribution in [0.2, 0.25) is 0 Å². The highest BCUT2D eigenvalue weighted by Gasteiger charge is 2.66. The fourth-order valence-electron chi connectivity index (χ4n) is 6.51. The van der Waals surface area contributed by atoms with Crippen molar-refractivity contribution in [2.24, 2.45) is 0 Å². The summed E-state index contributed by atoms with van der Waals surface area (Å²) in [5, 5.41) is 0. The summed E-state index contributed by atoms with van der Waals surface area (Å²) in [6.45, 7) is 1.48. The number of fused-ring (bicyclic) bond motifs is 1. The zero-order valence-electron chi connectivity index (χ0n) is 18.6. The molecule has 0 spiro atoms. The molecule has 3 aliphatic rings. The van der Waals surface area contributed by atoms with Crippen molar-refractivity contribution in [1.82, 2.24) is 4.90 Å². The number of benzene rings is 2. The van der Waals surface area contributed by atoms with Gasteiger partial charge < -0.3 is 19.1 Å². The first kappa shape index (κ1) is 20.5. The number of Topliss-reactive ketones (excluding diaryl/α,β-unsaturated/α-hetero) is 1. The summed E-state index contributed by atoms with van der Waals surface area (Å²) in [7, 11) is 5.57. The number of ketones is 1. The van der Waals surface area contributed by atoms with Crippen LogP contribution >= 0.6 is 0 Å². The third-order valence-corrected chi connectivity index (χ3v) is 7.91. The lowest BCUT2D eigenvalue weighted by Gasteiger charge is -2.64. The van der Waals surface area contributed by atoms with E-state index in [0.717, 1.165) is 48.4 Å². The lowest BCUT2D eigenvalue weighted by molar-refractivity contribution is -0.202. The lowest BCUT2D eigenvalue weighted by Crippen LogP contribution is -2.73. The van der Waals surface area contributed by atoms with Crippen LogP contribution in [0.1, 0.15) is 42.4 Å². The van der Waals surface area contributed by atoms with Crippen LogP contribution in [0.15, 0.2) is 42.5 Å². The largest absolute Gasteiger partial charge is 0.493 e. The minimum atomic E-state index is -0.434. The van der Waals surface area contributed by atoms with Crippen molar-refractivity contribution in [1.29, 1.82) is 0 Å². The zero-order chi connectivity index (χ0) is 21.6. The maximum absolute atomic E-state index is 12.9. The van der Waals surface area contributed by atoms with Gasteiger partial charge in [0.05, 0.1) is 26.4 Å². The highest BCUT2D eigenvalue weighted by molar-refractivity contribution is 5.83. The van der Waals surface area contributed by atoms with E-state index in [9.17, 15) is 4.79 Å². The van der Waals surface area contributed by atoms with Gasteiger partial charge in [0, 0.05) is 29.9 Å². The number of hydrogen-bond acceptors (Lipinski definition) is 5. The Morgan fingerprint density at radius 1 is 1.06 bits per heavy atom. The van der Waals surface area contributed by atoms with Gasteiger partial charge in [-0.1, -0.05) is 36.4 Å². The van der Waals surface area contributed by atoms with Crippen LogP contribution in [0, 0.1) is 0 Å². The normalized spacial score (nSPS) is 29.8. The third-order valence-electron chi connectivity index (χ3n) is 7.91. The van der Waals surface area contributed by atoms with Gasteiger partial charge in [-0.25, -0.2) is 0 Å². The number of hydrogen-bond donors (Lipinski definition) is 0. The maximum atomic E-state index is 12.9. The molecule has 5 heteroatoms. The van der Waals surface area contributed by atoms with E-state index in [0.29, 0.717) is 25.2 Å². The molecule has 0 radical (unpaired) electrons. The second-order valence-corrected chi connectivity index (χ2v) is 9.25. The van der Waals surface area contributed by atoms with Gasteiger partial charge in [-0.3, -0.25) is 4.79 Å². The van der Waals surface area contributed by atoms with Gasteiger partial charge in [-0.2, -0.15) is 0 Å². The summed E-state index contributed by atoms with van der Waals surface area (Å²) >= 11 is 0. The monoisotopic (exact) mass is 421 g/mol. The molecule has 5 nitrogen and oxygen atoms in total. The predicted octanol–water partition coefficient (Wildman–Crippen LogP) is 3.91. The van der Waals surface area contributed by atoms with E-state index in [1.54, 1.807) is 14.2 Å². The van der Waals surface area contributed by atoms with Crippen LogP contribution in [-0.4, -0.2) is 50.1 Å². The van der Waals surface area contributed by atoms with Gasteiger partial charge in [0.15, 0.2) is 11.5 Å². The first-order valence-electron chi connectivity index (χ1n) is 11.2. The number of likely N-dealkylation sites (N-methyl/N-ethyl adjacent to an activating group) is 1. The smallest absolute Gasteiger partial charge is 0.164 e. The average Bonchev–Trinajstić information content (AvgIpc) is 2.80. The minimum Gasteiger partial charge on any atom is -0.493 e. The number of likely N-dealkylation sites (tertiary alicyclic amines) is 1. The molecule has 2 aromatic rings. The van der Waals surface area contributed by atoms with E-state index in [1.807, 2.05) is 24.3 Å². The Balaban J connectivity index is 1.70. The molecule has 1 heterocycles. The summed E-state index contributed by atoms with van der Waals surface area (Å²) in [6.07, 6.45) is 3.58. The summed E-state index contributed by atoms with van der Waals surface area (Å²) in [5.74, 6) is 1.81. The Morgan fingerprint density at radius 3 is 2.61 bits per heavy atom. The van der Waals surface area contributed by atoms with Crippen molar-refractivity contribution in [2.45, 2.75) is 55.8 Å². The van der Waals surface area contributed by atoms with E-state index in [1.165, 1.54) is 5.56 Å². The molecule has 0 aromatic heterocycles. The van der Waals surface area contributed by atoms with Crippen molar-refractivity contribution in [3.63, 3.8) is 0 Å². The molecule has 1 saturated heterocycles. The molecule has 3 atom stereocenters. The molecule has 0 amide bonds. The first-order chi connectivity index (χ1) is 15.0. The lowest BCUT2D eigenvalue weighted by atomic mass is 9.49. The quantitative estimate of drug-likeness (QED) is 0.733. The predicted molar refractivity (Wildman–Crippen MR) is 119 cm³/mol. The molecule has 31 heavy (non-hydrogen) atoms. The van der Waals surface area contributed by atoms with Crippen LogP contribution in [0.25, 0.3) is 0 Å². The fraction of sp³-hybridized carbons (Fsp3) is 0.500. The van der Waals surface area contributed by atoms with E-state index < -0.39 is 11.0 Å². The first-order valence-corrected chi connectivity index (χ1v) is 11.2. The van der Waals surface area contributed by atoms with Crippen LogP contribution < -0.4 is 9.47 Å². The van der Waals surface area contributed by atoms with Gasteiger partial charge in [0.1, 0.15) is 5.78 Å². The molecule has 2 fully saturated rings. The molecule has 0 N–H and O–H groups in total. The van der Waals surface area contributed by atoms with Crippen molar-refractivity contribution in [3.8, 4) is 11.5 Å². The molecule has 2 aromatic carbocycles. The second-order valence-electron chi connectivity index (χ2n) is 9.25. The standard InChI is InChI=1S/C26H31NO4/c1-27-14-13-25-16-20(28)11-12-26(25,31-17-18-7-5-4-6-8-18)22(27)15-19-9-10-21(29-2)24(30-3)23(19)25/h4-10,22H,11-17H2,1-3H3/t22?,25-,26-/m1/s1. The molecule has 1 aliphatic heterocycles. The van der Waals surface area contributed by atoms with E-state index in [-0.39, 0.29) is 6.04 Å². The van der Waals surface area contributed by atoms with Crippen molar-refractivity contribution in [3.05, 3.63) is 59.2 Å². The van der Waals surface area contributed by atoms with Crippen molar-refractivity contribution >= 4 is 5.78 Å². The average molecular weight is 422 g/mol. The number of carbonyl (C=O) groups excluding carboxylic acids is 1. The van der Waals surface area contributed by atoms with Crippen LogP contribution in [0.4, 0.5) is 0 Å². The van der Waals surface area contributed by atoms with Crippen LogP contribution in [-0.2, 0) is 28.0 Å². The van der Waals surface area contributed by atoms with Crippen LogP contribution in [0.3, 0.4) is 0 Å². The van der Waals surface area contributed by atoms with Crippen molar-refractivity contribution in [2.75, 3.05) is 27.8 Å². The topological polar surface area (TPSA) is 48.0 Å². The molecular weight excluding hydrogens is 390 g/mol. The Bertz CT molecular complexity index is 990. The molecular formula is C26H31NO4. The number of piperidine rings is 1. The maximum Gasteiger partial charge on any atom is 0.164 e. The summed E-state index contributed by atoms with van der Waals surface area (Å²) in [4.78, 5) is 15.4. The number of carbonyl (C=O) groups is 1. The SMILES string of the molecule is COc1ccc2c(c1OC)[C@]13CCN(C)C(C2)[C@]1(OCc1ccccc1)CCC(=O)C3. The third kappa shape index (κ3) is 2.94. The minimum absolute atomic E-state index is 0.226. The summed E-state index contributed by atoms with van der Waals surface area (Å²) < 4.78 is 18.6. The molecule has 1 saturated carbocycles. The summed E-state index contributed by atoms with van der Waals surface area (Å²) in [6, 6.07) is 14.7. The van der Waals surface area contributed by atoms with Crippen LogP contribution in [0.5, 0.6) is 11.5 Å². The second kappa shape index (κ2) is 7.64. The van der Waals surface area contributed by atoms with E-state index in [2.05, 4.69) is 30.1 Å². The highest BCUT2D eigenvalue weighted by atomic mass is 16.5. The highest BCUT2D eigenvalue weighted by Crippen LogP contribution is 2.62.